The molecule has 110 valence electrons. The fraction of sp³-hybridized carbons (Fsp3) is 0.647. The number of benzene rings is 1. The van der Waals surface area contributed by atoms with Crippen molar-refractivity contribution in [2.45, 2.75) is 38.3 Å². The first-order valence-electron chi connectivity index (χ1n) is 7.77. The number of nitrogens with zero attached hydrogens (tertiary/aromatic N) is 1. The molecule has 0 spiro atoms. The maximum absolute atomic E-state index is 6.43. The van der Waals surface area contributed by atoms with Crippen LogP contribution in [0.1, 0.15) is 37.8 Å². The molecule has 3 heteroatoms. The van der Waals surface area contributed by atoms with Crippen LogP contribution in [0, 0.1) is 17.8 Å². The van der Waals surface area contributed by atoms with Crippen LogP contribution in [-0.2, 0) is 0 Å². The summed E-state index contributed by atoms with van der Waals surface area (Å²) in [5, 5.41) is 0.819. The van der Waals surface area contributed by atoms with E-state index in [1.807, 2.05) is 12.1 Å². The van der Waals surface area contributed by atoms with Crippen LogP contribution in [-0.4, -0.2) is 24.5 Å². The Labute approximate surface area is 127 Å². The average molecular weight is 293 g/mol. The minimum atomic E-state index is 0.389. The molecule has 2 bridgehead atoms. The third-order valence-corrected chi connectivity index (χ3v) is 5.88. The van der Waals surface area contributed by atoms with Gasteiger partial charge in [0, 0.05) is 23.7 Å². The predicted octanol–water partition coefficient (Wildman–Crippen LogP) is 3.71. The van der Waals surface area contributed by atoms with Crippen LogP contribution < -0.4 is 5.73 Å². The van der Waals surface area contributed by atoms with Crippen LogP contribution in [0.4, 0.5) is 0 Å². The van der Waals surface area contributed by atoms with Crippen molar-refractivity contribution >= 4 is 11.6 Å². The second-order valence-corrected chi connectivity index (χ2v) is 7.18. The average Bonchev–Trinajstić information content (AvgIpc) is 3.01. The van der Waals surface area contributed by atoms with Gasteiger partial charge in [0.25, 0.3) is 0 Å². The summed E-state index contributed by atoms with van der Waals surface area (Å²) >= 11 is 6.10. The molecule has 1 aromatic rings. The summed E-state index contributed by atoms with van der Waals surface area (Å²) < 4.78 is 0. The highest BCUT2D eigenvalue weighted by atomic mass is 35.5. The lowest BCUT2D eigenvalue weighted by atomic mass is 9.84. The van der Waals surface area contributed by atoms with E-state index in [0.29, 0.717) is 18.0 Å². The molecule has 2 aliphatic rings. The molecule has 2 nitrogen and oxygen atoms in total. The van der Waals surface area contributed by atoms with E-state index in [4.69, 9.17) is 17.3 Å². The van der Waals surface area contributed by atoms with Crippen LogP contribution in [0.3, 0.4) is 0 Å². The third kappa shape index (κ3) is 2.61. The molecule has 20 heavy (non-hydrogen) atoms. The highest BCUT2D eigenvalue weighted by Crippen LogP contribution is 2.48. The molecule has 0 saturated heterocycles. The van der Waals surface area contributed by atoms with E-state index in [2.05, 4.69) is 31.0 Å². The van der Waals surface area contributed by atoms with Gasteiger partial charge in [-0.05, 0) is 68.7 Å². The monoisotopic (exact) mass is 292 g/mol. The predicted molar refractivity (Wildman–Crippen MR) is 84.8 cm³/mol. The number of halogens is 1. The van der Waals surface area contributed by atoms with Gasteiger partial charge in [-0.2, -0.15) is 0 Å². The Balaban J connectivity index is 1.66. The van der Waals surface area contributed by atoms with Crippen LogP contribution in [0.2, 0.25) is 5.02 Å². The number of fused-ring (bicyclic) bond motifs is 2. The molecule has 3 rings (SSSR count). The first-order chi connectivity index (χ1) is 9.56. The fourth-order valence-corrected chi connectivity index (χ4v) is 4.44. The van der Waals surface area contributed by atoms with E-state index in [1.165, 1.54) is 24.8 Å². The first kappa shape index (κ1) is 14.4. The maximum Gasteiger partial charge on any atom is 0.0409 e. The van der Waals surface area contributed by atoms with E-state index in [0.717, 1.165) is 23.4 Å². The number of nitrogens with two attached hydrogens (primary N) is 1. The zero-order valence-electron chi connectivity index (χ0n) is 12.4. The highest BCUT2D eigenvalue weighted by Gasteiger charge is 2.45. The van der Waals surface area contributed by atoms with Gasteiger partial charge >= 0.3 is 0 Å². The van der Waals surface area contributed by atoms with Crippen LogP contribution in [0.5, 0.6) is 0 Å². The van der Waals surface area contributed by atoms with E-state index in [9.17, 15) is 0 Å². The van der Waals surface area contributed by atoms with Gasteiger partial charge in [0.1, 0.15) is 0 Å². The lowest BCUT2D eigenvalue weighted by molar-refractivity contribution is 0.167. The van der Waals surface area contributed by atoms with Crippen molar-refractivity contribution in [1.29, 1.82) is 0 Å². The van der Waals surface area contributed by atoms with Gasteiger partial charge in [0.2, 0.25) is 0 Å². The molecule has 2 aliphatic carbocycles. The summed E-state index contributed by atoms with van der Waals surface area (Å²) in [6, 6.07) is 9.01. The van der Waals surface area contributed by atoms with E-state index in [-0.39, 0.29) is 0 Å². The van der Waals surface area contributed by atoms with Gasteiger partial charge in [-0.15, -0.1) is 0 Å². The highest BCUT2D eigenvalue weighted by molar-refractivity contribution is 6.30. The Hall–Kier alpha value is -0.570. The van der Waals surface area contributed by atoms with Gasteiger partial charge in [-0.25, -0.2) is 0 Å². The minimum absolute atomic E-state index is 0.389. The molecular weight excluding hydrogens is 268 g/mol. The zero-order valence-corrected chi connectivity index (χ0v) is 13.2. The first-order valence-corrected chi connectivity index (χ1v) is 8.15. The topological polar surface area (TPSA) is 29.3 Å². The SMILES string of the molecule is CC(c1cccc(Cl)c1)N(C)CC1C2CCC(C2)C1N. The van der Waals surface area contributed by atoms with Crippen molar-refractivity contribution in [3.63, 3.8) is 0 Å². The second kappa shape index (κ2) is 5.67. The third-order valence-electron chi connectivity index (χ3n) is 5.65. The van der Waals surface area contributed by atoms with Crippen molar-refractivity contribution in [2.75, 3.05) is 13.6 Å². The van der Waals surface area contributed by atoms with Crippen LogP contribution in [0.25, 0.3) is 0 Å². The largest absolute Gasteiger partial charge is 0.327 e. The maximum atomic E-state index is 6.43. The number of hydrogen-bond donors (Lipinski definition) is 1. The summed E-state index contributed by atoms with van der Waals surface area (Å²) in [5.74, 6) is 2.34. The smallest absolute Gasteiger partial charge is 0.0409 e. The van der Waals surface area contributed by atoms with E-state index in [1.54, 1.807) is 0 Å². The van der Waals surface area contributed by atoms with Gasteiger partial charge in [-0.3, -0.25) is 4.90 Å². The Morgan fingerprint density at radius 1 is 1.35 bits per heavy atom. The normalized spacial score (nSPS) is 33.9. The van der Waals surface area contributed by atoms with Crippen LogP contribution >= 0.6 is 11.6 Å². The lowest BCUT2D eigenvalue weighted by Crippen LogP contribution is -2.42. The Kier molecular flexibility index (Phi) is 4.07. The number of hydrogen-bond acceptors (Lipinski definition) is 2. The van der Waals surface area contributed by atoms with Crippen molar-refractivity contribution < 1.29 is 0 Å². The molecule has 2 fully saturated rings. The molecule has 2 N–H and O–H groups in total. The molecule has 1 aromatic carbocycles. The van der Waals surface area contributed by atoms with Crippen molar-refractivity contribution in [3.8, 4) is 0 Å². The van der Waals surface area contributed by atoms with E-state index < -0.39 is 0 Å². The molecule has 0 heterocycles. The summed E-state index contributed by atoms with van der Waals surface area (Å²) in [6.07, 6.45) is 4.11. The Bertz CT molecular complexity index is 474. The summed E-state index contributed by atoms with van der Waals surface area (Å²) in [6.45, 7) is 3.36. The Morgan fingerprint density at radius 3 is 2.75 bits per heavy atom. The molecule has 0 aromatic heterocycles. The Morgan fingerprint density at radius 2 is 2.10 bits per heavy atom. The van der Waals surface area contributed by atoms with Gasteiger partial charge in [0.15, 0.2) is 0 Å². The van der Waals surface area contributed by atoms with Gasteiger partial charge < -0.3 is 5.73 Å². The quantitative estimate of drug-likeness (QED) is 0.917. The van der Waals surface area contributed by atoms with Crippen LogP contribution in [0.15, 0.2) is 24.3 Å². The molecule has 2 saturated carbocycles. The summed E-state index contributed by atoms with van der Waals surface area (Å²) in [7, 11) is 2.21. The minimum Gasteiger partial charge on any atom is -0.327 e. The van der Waals surface area contributed by atoms with Gasteiger partial charge in [0.05, 0.1) is 0 Å². The lowest BCUT2D eigenvalue weighted by Gasteiger charge is -2.34. The van der Waals surface area contributed by atoms with Crippen molar-refractivity contribution in [1.82, 2.24) is 4.90 Å². The van der Waals surface area contributed by atoms with Gasteiger partial charge in [-0.1, -0.05) is 23.7 Å². The number of rotatable bonds is 4. The standard InChI is InChI=1S/C17H25ClN2/c1-11(12-4-3-5-15(18)9-12)20(2)10-16-13-6-7-14(8-13)17(16)19/h3-5,9,11,13-14,16-17H,6-8,10,19H2,1-2H3. The molecule has 0 radical (unpaired) electrons. The van der Waals surface area contributed by atoms with E-state index >= 15 is 0 Å². The molecule has 0 aliphatic heterocycles. The van der Waals surface area contributed by atoms with Crippen molar-refractivity contribution in [2.24, 2.45) is 23.5 Å². The summed E-state index contributed by atoms with van der Waals surface area (Å²) in [5.41, 5.74) is 7.72. The molecule has 0 amide bonds. The molecular formula is C17H25ClN2. The second-order valence-electron chi connectivity index (χ2n) is 6.74. The molecule has 5 atom stereocenters. The zero-order chi connectivity index (χ0) is 14.3. The fourth-order valence-electron chi connectivity index (χ4n) is 4.24. The summed E-state index contributed by atoms with van der Waals surface area (Å²) in [4.78, 5) is 2.44. The molecule has 5 unspecified atom stereocenters. The van der Waals surface area contributed by atoms with Crippen molar-refractivity contribution in [3.05, 3.63) is 34.9 Å².